The topological polar surface area (TPSA) is 82.6 Å². The van der Waals surface area contributed by atoms with Crippen molar-refractivity contribution in [2.45, 2.75) is 6.61 Å². The van der Waals surface area contributed by atoms with E-state index in [1.165, 1.54) is 12.1 Å². The van der Waals surface area contributed by atoms with Crippen LogP contribution in [0.15, 0.2) is 66.9 Å². The Kier molecular flexibility index (Phi) is 4.35. The predicted molar refractivity (Wildman–Crippen MR) is 101 cm³/mol. The second kappa shape index (κ2) is 6.97. The average Bonchev–Trinajstić information content (AvgIpc) is 3.07. The summed E-state index contributed by atoms with van der Waals surface area (Å²) in [5.41, 5.74) is 4.77. The molecule has 7 heteroatoms. The molecule has 0 saturated carbocycles. The number of hydrogen-bond donors (Lipinski definition) is 0. The first-order valence-corrected chi connectivity index (χ1v) is 8.35. The van der Waals surface area contributed by atoms with E-state index in [0.717, 1.165) is 22.5 Å². The minimum Gasteiger partial charge on any atom is -0.378 e. The fraction of sp³-hybridized carbons (Fsp3) is 0.100. The SMILES string of the molecule is COCc1nn2c(-c3cccc([N+](=O)[O-])c3)ccnc2c1-c1ccccc1. The van der Waals surface area contributed by atoms with Crippen LogP contribution in [-0.2, 0) is 11.3 Å². The third kappa shape index (κ3) is 3.04. The lowest BCUT2D eigenvalue weighted by molar-refractivity contribution is -0.384. The Morgan fingerprint density at radius 2 is 1.85 bits per heavy atom. The minimum atomic E-state index is -0.406. The van der Waals surface area contributed by atoms with E-state index in [1.807, 2.05) is 36.4 Å². The molecule has 7 nitrogen and oxygen atoms in total. The van der Waals surface area contributed by atoms with Crippen LogP contribution < -0.4 is 0 Å². The standard InChI is InChI=1S/C20H16N4O3/c1-27-13-17-19(14-6-3-2-4-7-14)20-21-11-10-18(23(20)22-17)15-8-5-9-16(12-15)24(25)26/h2-12H,13H2,1H3. The fourth-order valence-corrected chi connectivity index (χ4v) is 3.12. The van der Waals surface area contributed by atoms with Gasteiger partial charge in [0, 0.05) is 31.0 Å². The normalized spacial score (nSPS) is 11.0. The molecular formula is C20H16N4O3. The Hall–Kier alpha value is -3.58. The molecule has 0 aliphatic carbocycles. The van der Waals surface area contributed by atoms with Crippen LogP contribution in [0.5, 0.6) is 0 Å². The molecule has 2 aromatic carbocycles. The van der Waals surface area contributed by atoms with E-state index >= 15 is 0 Å². The molecule has 0 unspecified atom stereocenters. The highest BCUT2D eigenvalue weighted by atomic mass is 16.6. The maximum atomic E-state index is 11.1. The van der Waals surface area contributed by atoms with Gasteiger partial charge in [-0.1, -0.05) is 42.5 Å². The first-order chi connectivity index (χ1) is 13.2. The number of rotatable bonds is 5. The van der Waals surface area contributed by atoms with Gasteiger partial charge < -0.3 is 4.74 Å². The fourth-order valence-electron chi connectivity index (χ4n) is 3.12. The van der Waals surface area contributed by atoms with E-state index < -0.39 is 4.92 Å². The molecule has 0 spiro atoms. The zero-order chi connectivity index (χ0) is 18.8. The van der Waals surface area contributed by atoms with Gasteiger partial charge in [-0.2, -0.15) is 5.10 Å². The van der Waals surface area contributed by atoms with Crippen molar-refractivity contribution in [1.82, 2.24) is 14.6 Å². The van der Waals surface area contributed by atoms with Gasteiger partial charge in [0.15, 0.2) is 5.65 Å². The smallest absolute Gasteiger partial charge is 0.270 e. The van der Waals surface area contributed by atoms with Gasteiger partial charge in [-0.15, -0.1) is 0 Å². The van der Waals surface area contributed by atoms with Crippen molar-refractivity contribution in [2.75, 3.05) is 7.11 Å². The average molecular weight is 360 g/mol. The lowest BCUT2D eigenvalue weighted by Gasteiger charge is -2.05. The number of hydrogen-bond acceptors (Lipinski definition) is 5. The maximum absolute atomic E-state index is 11.1. The third-order valence-electron chi connectivity index (χ3n) is 4.29. The third-order valence-corrected chi connectivity index (χ3v) is 4.29. The molecule has 0 bridgehead atoms. The summed E-state index contributed by atoms with van der Waals surface area (Å²) in [6.07, 6.45) is 1.69. The summed E-state index contributed by atoms with van der Waals surface area (Å²) in [6.45, 7) is 0.335. The monoisotopic (exact) mass is 360 g/mol. The van der Waals surface area contributed by atoms with E-state index in [4.69, 9.17) is 4.74 Å². The predicted octanol–water partition coefficient (Wildman–Crippen LogP) is 4.12. The Morgan fingerprint density at radius 3 is 2.59 bits per heavy atom. The number of nitrogens with zero attached hydrogens (tertiary/aromatic N) is 4. The summed E-state index contributed by atoms with van der Waals surface area (Å²) >= 11 is 0. The van der Waals surface area contributed by atoms with E-state index in [2.05, 4.69) is 10.1 Å². The van der Waals surface area contributed by atoms with E-state index in [0.29, 0.717) is 17.8 Å². The molecule has 0 fully saturated rings. The van der Waals surface area contributed by atoms with Crippen molar-refractivity contribution in [3.8, 4) is 22.4 Å². The van der Waals surface area contributed by atoms with Crippen molar-refractivity contribution in [2.24, 2.45) is 0 Å². The largest absolute Gasteiger partial charge is 0.378 e. The molecule has 0 aliphatic rings. The van der Waals surface area contributed by atoms with Crippen LogP contribution in [0.4, 0.5) is 5.69 Å². The number of ether oxygens (including phenoxy) is 1. The highest BCUT2D eigenvalue weighted by molar-refractivity contribution is 5.81. The van der Waals surface area contributed by atoms with Crippen LogP contribution in [0, 0.1) is 10.1 Å². The van der Waals surface area contributed by atoms with Crippen LogP contribution in [0.1, 0.15) is 5.69 Å². The van der Waals surface area contributed by atoms with Crippen molar-refractivity contribution in [3.05, 3.63) is 82.7 Å². The van der Waals surface area contributed by atoms with Crippen molar-refractivity contribution in [1.29, 1.82) is 0 Å². The van der Waals surface area contributed by atoms with Crippen LogP contribution in [0.25, 0.3) is 28.0 Å². The second-order valence-corrected chi connectivity index (χ2v) is 5.99. The molecule has 0 radical (unpaired) electrons. The van der Waals surface area contributed by atoms with Crippen LogP contribution in [0.2, 0.25) is 0 Å². The molecule has 2 heterocycles. The minimum absolute atomic E-state index is 0.0324. The van der Waals surface area contributed by atoms with Gasteiger partial charge in [0.2, 0.25) is 0 Å². The van der Waals surface area contributed by atoms with Crippen molar-refractivity contribution >= 4 is 11.3 Å². The Balaban J connectivity index is 1.97. The van der Waals surface area contributed by atoms with Crippen LogP contribution in [-0.4, -0.2) is 26.6 Å². The zero-order valence-electron chi connectivity index (χ0n) is 14.6. The Morgan fingerprint density at radius 1 is 1.07 bits per heavy atom. The Bertz CT molecular complexity index is 1120. The summed E-state index contributed by atoms with van der Waals surface area (Å²) in [6, 6.07) is 18.2. The van der Waals surface area contributed by atoms with E-state index in [-0.39, 0.29) is 5.69 Å². The second-order valence-electron chi connectivity index (χ2n) is 5.99. The zero-order valence-corrected chi connectivity index (χ0v) is 14.6. The molecule has 0 saturated heterocycles. The maximum Gasteiger partial charge on any atom is 0.270 e. The van der Waals surface area contributed by atoms with Crippen molar-refractivity contribution < 1.29 is 9.66 Å². The number of fused-ring (bicyclic) bond motifs is 1. The number of nitro benzene ring substituents is 1. The van der Waals surface area contributed by atoms with Crippen LogP contribution in [0.3, 0.4) is 0 Å². The number of benzene rings is 2. The molecule has 4 rings (SSSR count). The lowest BCUT2D eigenvalue weighted by Crippen LogP contribution is -1.97. The summed E-state index contributed by atoms with van der Waals surface area (Å²) < 4.78 is 7.04. The molecule has 27 heavy (non-hydrogen) atoms. The van der Waals surface area contributed by atoms with Crippen molar-refractivity contribution in [3.63, 3.8) is 0 Å². The quantitative estimate of drug-likeness (QED) is 0.395. The van der Waals surface area contributed by atoms with E-state index in [9.17, 15) is 10.1 Å². The number of aromatic nitrogens is 3. The number of methoxy groups -OCH3 is 1. The molecule has 0 amide bonds. The van der Waals surface area contributed by atoms with Gasteiger partial charge in [-0.25, -0.2) is 9.50 Å². The highest BCUT2D eigenvalue weighted by Gasteiger charge is 2.18. The van der Waals surface area contributed by atoms with Crippen LogP contribution >= 0.6 is 0 Å². The van der Waals surface area contributed by atoms with Gasteiger partial charge in [-0.3, -0.25) is 10.1 Å². The molecule has 0 atom stereocenters. The first kappa shape index (κ1) is 16.9. The van der Waals surface area contributed by atoms with Gasteiger partial charge in [0.1, 0.15) is 0 Å². The molecule has 0 N–H and O–H groups in total. The summed E-state index contributed by atoms with van der Waals surface area (Å²) in [5.74, 6) is 0. The summed E-state index contributed by atoms with van der Waals surface area (Å²) in [7, 11) is 1.62. The van der Waals surface area contributed by atoms with E-state index in [1.54, 1.807) is 30.0 Å². The van der Waals surface area contributed by atoms with Gasteiger partial charge in [0.05, 0.1) is 28.5 Å². The number of non-ortho nitro benzene ring substituents is 1. The number of nitro groups is 1. The first-order valence-electron chi connectivity index (χ1n) is 8.35. The summed E-state index contributed by atoms with van der Waals surface area (Å²) in [4.78, 5) is 15.2. The molecule has 4 aromatic rings. The van der Waals surface area contributed by atoms with Gasteiger partial charge in [-0.05, 0) is 11.6 Å². The molecule has 134 valence electrons. The summed E-state index contributed by atoms with van der Waals surface area (Å²) in [5, 5.41) is 15.8. The molecule has 2 aromatic heterocycles. The Labute approximate surface area is 155 Å². The lowest BCUT2D eigenvalue weighted by atomic mass is 10.1. The van der Waals surface area contributed by atoms with Gasteiger partial charge in [0.25, 0.3) is 5.69 Å². The highest BCUT2D eigenvalue weighted by Crippen LogP contribution is 2.31. The van der Waals surface area contributed by atoms with Gasteiger partial charge >= 0.3 is 0 Å². The molecule has 0 aliphatic heterocycles. The molecular weight excluding hydrogens is 344 g/mol.